The molecule has 0 saturated heterocycles. The molecule has 1 fully saturated rings. The fourth-order valence-corrected chi connectivity index (χ4v) is 5.61. The van der Waals surface area contributed by atoms with E-state index < -0.39 is 10.0 Å². The Bertz CT molecular complexity index is 1160. The highest BCUT2D eigenvalue weighted by atomic mass is 35.5. The van der Waals surface area contributed by atoms with Gasteiger partial charge >= 0.3 is 0 Å². The number of aromatic nitrogens is 1. The minimum absolute atomic E-state index is 0.0409. The summed E-state index contributed by atoms with van der Waals surface area (Å²) in [6.07, 6.45) is 5.19. The second-order valence-electron chi connectivity index (χ2n) is 8.56. The Morgan fingerprint density at radius 2 is 1.65 bits per heavy atom. The quantitative estimate of drug-likeness (QED) is 0.497. The molecule has 164 valence electrons. The molecule has 3 aromatic rings. The van der Waals surface area contributed by atoms with Gasteiger partial charge in [-0.2, -0.15) is 0 Å². The summed E-state index contributed by atoms with van der Waals surface area (Å²) in [6.45, 7) is 4.19. The van der Waals surface area contributed by atoms with Crippen LogP contribution in [-0.2, 0) is 10.0 Å². The SMILES string of the molecule is CC(C)c1ccc(S(=O)(=O)N[C@H]2CC[C@@H](Nc3ccnc4cc(Cl)ccc34)CC2)cc1. The van der Waals surface area contributed by atoms with E-state index in [1.807, 2.05) is 36.4 Å². The van der Waals surface area contributed by atoms with E-state index in [1.54, 1.807) is 18.3 Å². The summed E-state index contributed by atoms with van der Waals surface area (Å²) >= 11 is 6.08. The number of hydrogen-bond donors (Lipinski definition) is 2. The minimum atomic E-state index is -3.50. The summed E-state index contributed by atoms with van der Waals surface area (Å²) in [5.41, 5.74) is 3.04. The summed E-state index contributed by atoms with van der Waals surface area (Å²) in [5, 5.41) is 5.33. The van der Waals surface area contributed by atoms with Crippen LogP contribution in [0, 0.1) is 0 Å². The minimum Gasteiger partial charge on any atom is -0.382 e. The average molecular weight is 458 g/mol. The molecule has 4 rings (SSSR count). The van der Waals surface area contributed by atoms with Crippen molar-refractivity contribution in [1.82, 2.24) is 9.71 Å². The number of fused-ring (bicyclic) bond motifs is 1. The van der Waals surface area contributed by atoms with Crippen LogP contribution >= 0.6 is 11.6 Å². The molecule has 1 heterocycles. The van der Waals surface area contributed by atoms with E-state index in [9.17, 15) is 8.42 Å². The zero-order chi connectivity index (χ0) is 22.0. The van der Waals surface area contributed by atoms with Gasteiger partial charge in [0.05, 0.1) is 10.4 Å². The summed E-state index contributed by atoms with van der Waals surface area (Å²) in [6, 6.07) is 15.1. The van der Waals surface area contributed by atoms with Crippen LogP contribution in [0.2, 0.25) is 5.02 Å². The van der Waals surface area contributed by atoms with Crippen LogP contribution in [-0.4, -0.2) is 25.5 Å². The fourth-order valence-electron chi connectivity index (χ4n) is 4.14. The van der Waals surface area contributed by atoms with Gasteiger partial charge in [-0.1, -0.05) is 37.6 Å². The van der Waals surface area contributed by atoms with E-state index in [1.165, 1.54) is 0 Å². The number of pyridine rings is 1. The standard InChI is InChI=1S/C24H28ClN3O2S/c1-16(2)17-3-10-21(11-4-17)31(29,30)28-20-8-6-19(7-9-20)27-23-13-14-26-24-15-18(25)5-12-22(23)24/h3-5,10-16,19-20,28H,6-9H2,1-2H3,(H,26,27)/t19-,20+. The first-order chi connectivity index (χ1) is 14.8. The number of nitrogens with zero attached hydrogens (tertiary/aromatic N) is 1. The van der Waals surface area contributed by atoms with Crippen LogP contribution in [0.25, 0.3) is 10.9 Å². The van der Waals surface area contributed by atoms with Gasteiger partial charge in [0, 0.05) is 34.4 Å². The van der Waals surface area contributed by atoms with Crippen LogP contribution in [0.15, 0.2) is 59.6 Å². The Kier molecular flexibility index (Phi) is 6.51. The van der Waals surface area contributed by atoms with Crippen molar-refractivity contribution in [3.8, 4) is 0 Å². The lowest BCUT2D eigenvalue weighted by Crippen LogP contribution is -2.40. The van der Waals surface area contributed by atoms with Crippen LogP contribution in [0.1, 0.15) is 51.0 Å². The molecule has 0 radical (unpaired) electrons. The highest BCUT2D eigenvalue weighted by molar-refractivity contribution is 7.89. The number of nitrogens with one attached hydrogen (secondary N) is 2. The molecule has 0 atom stereocenters. The first-order valence-corrected chi connectivity index (χ1v) is 12.6. The van der Waals surface area contributed by atoms with Gasteiger partial charge in [0.1, 0.15) is 0 Å². The summed E-state index contributed by atoms with van der Waals surface area (Å²) < 4.78 is 28.5. The van der Waals surface area contributed by atoms with Crippen molar-refractivity contribution in [1.29, 1.82) is 0 Å². The van der Waals surface area contributed by atoms with Crippen molar-refractivity contribution in [3.05, 3.63) is 65.3 Å². The van der Waals surface area contributed by atoms with E-state index in [4.69, 9.17) is 11.6 Å². The maximum Gasteiger partial charge on any atom is 0.240 e. The number of anilines is 1. The predicted molar refractivity (Wildman–Crippen MR) is 127 cm³/mol. The van der Waals surface area contributed by atoms with Gasteiger partial charge in [-0.25, -0.2) is 13.1 Å². The molecule has 0 amide bonds. The van der Waals surface area contributed by atoms with Crippen molar-refractivity contribution in [2.75, 3.05) is 5.32 Å². The molecule has 2 aromatic carbocycles. The molecule has 1 saturated carbocycles. The molecule has 1 aliphatic carbocycles. The summed E-state index contributed by atoms with van der Waals surface area (Å²) in [4.78, 5) is 4.72. The van der Waals surface area contributed by atoms with E-state index in [2.05, 4.69) is 28.9 Å². The molecule has 2 N–H and O–H groups in total. The third-order valence-corrected chi connectivity index (χ3v) is 7.74. The number of halogens is 1. The number of sulfonamides is 1. The fraction of sp³-hybridized carbons (Fsp3) is 0.375. The van der Waals surface area contributed by atoms with Crippen LogP contribution in [0.3, 0.4) is 0 Å². The van der Waals surface area contributed by atoms with Crippen molar-refractivity contribution >= 4 is 38.2 Å². The normalized spacial score (nSPS) is 19.6. The number of rotatable bonds is 6. The molecule has 0 bridgehead atoms. The monoisotopic (exact) mass is 457 g/mol. The van der Waals surface area contributed by atoms with Crippen LogP contribution < -0.4 is 10.0 Å². The highest BCUT2D eigenvalue weighted by Gasteiger charge is 2.26. The molecule has 5 nitrogen and oxygen atoms in total. The Morgan fingerprint density at radius 1 is 0.968 bits per heavy atom. The van der Waals surface area contributed by atoms with Crippen molar-refractivity contribution in [3.63, 3.8) is 0 Å². The molecule has 31 heavy (non-hydrogen) atoms. The number of hydrogen-bond acceptors (Lipinski definition) is 4. The Labute approximate surface area is 189 Å². The van der Waals surface area contributed by atoms with Gasteiger partial charge in [-0.15, -0.1) is 0 Å². The average Bonchev–Trinajstić information content (AvgIpc) is 2.75. The maximum atomic E-state index is 12.8. The van der Waals surface area contributed by atoms with Gasteiger partial charge in [-0.05, 0) is 73.6 Å². The molecule has 0 aliphatic heterocycles. The molecule has 0 spiro atoms. The largest absolute Gasteiger partial charge is 0.382 e. The first-order valence-electron chi connectivity index (χ1n) is 10.7. The van der Waals surface area contributed by atoms with Crippen molar-refractivity contribution in [2.45, 2.75) is 62.4 Å². The molecule has 1 aromatic heterocycles. The Morgan fingerprint density at radius 3 is 2.32 bits per heavy atom. The molecule has 0 unspecified atom stereocenters. The van der Waals surface area contributed by atoms with Gasteiger partial charge in [0.2, 0.25) is 10.0 Å². The van der Waals surface area contributed by atoms with Gasteiger partial charge in [0.15, 0.2) is 0 Å². The molecule has 1 aliphatic rings. The van der Waals surface area contributed by atoms with Crippen LogP contribution in [0.4, 0.5) is 5.69 Å². The van der Waals surface area contributed by atoms with Gasteiger partial charge < -0.3 is 5.32 Å². The zero-order valence-corrected chi connectivity index (χ0v) is 19.4. The Balaban J connectivity index is 1.37. The van der Waals surface area contributed by atoms with Crippen LogP contribution in [0.5, 0.6) is 0 Å². The lowest BCUT2D eigenvalue weighted by atomic mass is 9.91. The second kappa shape index (κ2) is 9.15. The lowest BCUT2D eigenvalue weighted by Gasteiger charge is -2.30. The predicted octanol–water partition coefficient (Wildman–Crippen LogP) is 5.71. The third-order valence-electron chi connectivity index (χ3n) is 5.97. The second-order valence-corrected chi connectivity index (χ2v) is 10.7. The van der Waals surface area contributed by atoms with E-state index in [0.29, 0.717) is 21.9 Å². The van der Waals surface area contributed by atoms with E-state index >= 15 is 0 Å². The smallest absolute Gasteiger partial charge is 0.240 e. The van der Waals surface area contributed by atoms with Crippen molar-refractivity contribution < 1.29 is 8.42 Å². The zero-order valence-electron chi connectivity index (χ0n) is 17.8. The maximum absolute atomic E-state index is 12.8. The molecule has 7 heteroatoms. The molecular weight excluding hydrogens is 430 g/mol. The molecular formula is C24H28ClN3O2S. The van der Waals surface area contributed by atoms with Crippen molar-refractivity contribution in [2.24, 2.45) is 0 Å². The summed E-state index contributed by atoms with van der Waals surface area (Å²) in [7, 11) is -3.50. The van der Waals surface area contributed by atoms with E-state index in [-0.39, 0.29) is 6.04 Å². The Hall–Kier alpha value is -2.15. The highest BCUT2D eigenvalue weighted by Crippen LogP contribution is 2.29. The van der Waals surface area contributed by atoms with Gasteiger partial charge in [-0.3, -0.25) is 4.98 Å². The van der Waals surface area contributed by atoms with Gasteiger partial charge in [0.25, 0.3) is 0 Å². The van der Waals surface area contributed by atoms with E-state index in [0.717, 1.165) is 47.8 Å². The lowest BCUT2D eigenvalue weighted by molar-refractivity contribution is 0.387. The topological polar surface area (TPSA) is 71.1 Å². The first kappa shape index (κ1) is 22.1. The third kappa shape index (κ3) is 5.20. The summed E-state index contributed by atoms with van der Waals surface area (Å²) in [5.74, 6) is 0.377. The number of benzene rings is 2.